The fourth-order valence-corrected chi connectivity index (χ4v) is 2.36. The van der Waals surface area contributed by atoms with Crippen molar-refractivity contribution < 1.29 is 14.4 Å². The molecule has 3 rings (SSSR count). The zero-order valence-electron chi connectivity index (χ0n) is 10.8. The van der Waals surface area contributed by atoms with Crippen LogP contribution in [0.5, 0.6) is 0 Å². The van der Waals surface area contributed by atoms with E-state index in [1.165, 1.54) is 7.05 Å². The fourth-order valence-electron chi connectivity index (χ4n) is 2.36. The molecule has 0 unspecified atom stereocenters. The maximum atomic E-state index is 11.8. The molecule has 0 saturated heterocycles. The van der Waals surface area contributed by atoms with Crippen LogP contribution >= 0.6 is 0 Å². The molecule has 2 aliphatic rings. The highest BCUT2D eigenvalue weighted by Crippen LogP contribution is 2.38. The summed E-state index contributed by atoms with van der Waals surface area (Å²) in [5.41, 5.74) is 1.32. The van der Waals surface area contributed by atoms with Crippen molar-refractivity contribution in [3.8, 4) is 0 Å². The summed E-state index contributed by atoms with van der Waals surface area (Å²) in [4.78, 5) is 36.5. The molecule has 3 amide bonds. The van der Waals surface area contributed by atoms with Gasteiger partial charge in [0.2, 0.25) is 5.91 Å². The van der Waals surface area contributed by atoms with Gasteiger partial charge in [0.05, 0.1) is 11.1 Å². The average molecular weight is 258 g/mol. The van der Waals surface area contributed by atoms with Gasteiger partial charge in [-0.1, -0.05) is 6.92 Å². The molecule has 1 fully saturated rings. The topological polar surface area (TPSA) is 66.5 Å². The predicted molar refractivity (Wildman–Crippen MR) is 68.8 cm³/mol. The van der Waals surface area contributed by atoms with Gasteiger partial charge in [-0.25, -0.2) is 0 Å². The number of amides is 3. The second kappa shape index (κ2) is 3.91. The van der Waals surface area contributed by atoms with E-state index in [0.717, 1.165) is 11.3 Å². The van der Waals surface area contributed by atoms with Gasteiger partial charge in [-0.05, 0) is 30.5 Å². The van der Waals surface area contributed by atoms with E-state index in [4.69, 9.17) is 0 Å². The molecular formula is C14H14N2O3. The number of hydrogen-bond donors (Lipinski definition) is 1. The molecule has 5 nitrogen and oxygen atoms in total. The lowest BCUT2D eigenvalue weighted by Gasteiger charge is -2.05. The standard InChI is InChI=1S/C14H14N2O3/c1-7-5-10(7)12(17)15-8-3-4-9-11(6-8)14(19)16(2)13(9)18/h3-4,6-7,10H,5H2,1-2H3,(H,15,17)/t7-,10-/m0/s1. The van der Waals surface area contributed by atoms with Crippen LogP contribution in [0.1, 0.15) is 34.1 Å². The minimum absolute atomic E-state index is 0.0161. The van der Waals surface area contributed by atoms with Crippen molar-refractivity contribution in [1.82, 2.24) is 4.90 Å². The molecule has 19 heavy (non-hydrogen) atoms. The highest BCUT2D eigenvalue weighted by molar-refractivity contribution is 6.21. The molecule has 0 bridgehead atoms. The molecule has 0 aromatic heterocycles. The fraction of sp³-hybridized carbons (Fsp3) is 0.357. The first-order chi connectivity index (χ1) is 8.99. The smallest absolute Gasteiger partial charge is 0.261 e. The van der Waals surface area contributed by atoms with Gasteiger partial charge in [0.15, 0.2) is 0 Å². The summed E-state index contributed by atoms with van der Waals surface area (Å²) >= 11 is 0. The van der Waals surface area contributed by atoms with Crippen LogP contribution in [0.3, 0.4) is 0 Å². The summed E-state index contributed by atoms with van der Waals surface area (Å²) in [5.74, 6) is -0.126. The number of carbonyl (C=O) groups is 3. The van der Waals surface area contributed by atoms with Crippen molar-refractivity contribution in [2.45, 2.75) is 13.3 Å². The third-order valence-corrected chi connectivity index (χ3v) is 3.80. The van der Waals surface area contributed by atoms with Crippen molar-refractivity contribution in [1.29, 1.82) is 0 Å². The van der Waals surface area contributed by atoms with E-state index in [1.54, 1.807) is 18.2 Å². The monoisotopic (exact) mass is 258 g/mol. The van der Waals surface area contributed by atoms with Gasteiger partial charge >= 0.3 is 0 Å². The number of rotatable bonds is 2. The van der Waals surface area contributed by atoms with Crippen LogP contribution in [0.25, 0.3) is 0 Å². The Morgan fingerprint density at radius 2 is 1.89 bits per heavy atom. The quantitative estimate of drug-likeness (QED) is 0.818. The van der Waals surface area contributed by atoms with E-state index in [-0.39, 0.29) is 23.6 Å². The zero-order valence-corrected chi connectivity index (χ0v) is 10.8. The summed E-state index contributed by atoms with van der Waals surface area (Å²) in [6.07, 6.45) is 0.914. The Morgan fingerprint density at radius 1 is 1.26 bits per heavy atom. The largest absolute Gasteiger partial charge is 0.326 e. The Morgan fingerprint density at radius 3 is 2.53 bits per heavy atom. The van der Waals surface area contributed by atoms with Crippen LogP contribution in [0, 0.1) is 11.8 Å². The molecule has 1 aromatic rings. The van der Waals surface area contributed by atoms with E-state index in [2.05, 4.69) is 5.32 Å². The minimum Gasteiger partial charge on any atom is -0.326 e. The Bertz CT molecular complexity index is 609. The van der Waals surface area contributed by atoms with E-state index >= 15 is 0 Å². The third-order valence-electron chi connectivity index (χ3n) is 3.80. The molecular weight excluding hydrogens is 244 g/mol. The van der Waals surface area contributed by atoms with Crippen LogP contribution in [-0.2, 0) is 4.79 Å². The first kappa shape index (κ1) is 11.9. The van der Waals surface area contributed by atoms with Crippen molar-refractivity contribution in [2.75, 3.05) is 12.4 Å². The van der Waals surface area contributed by atoms with Gasteiger partial charge in [0, 0.05) is 18.7 Å². The number of nitrogens with one attached hydrogen (secondary N) is 1. The summed E-state index contributed by atoms with van der Waals surface area (Å²) in [6, 6.07) is 4.82. The Labute approximate surface area is 110 Å². The van der Waals surface area contributed by atoms with E-state index in [1.807, 2.05) is 6.92 Å². The minimum atomic E-state index is -0.323. The van der Waals surface area contributed by atoms with Crippen molar-refractivity contribution >= 4 is 23.4 Å². The molecule has 0 radical (unpaired) electrons. The van der Waals surface area contributed by atoms with Crippen molar-refractivity contribution in [3.63, 3.8) is 0 Å². The van der Waals surface area contributed by atoms with Crippen molar-refractivity contribution in [3.05, 3.63) is 29.3 Å². The number of benzene rings is 1. The average Bonchev–Trinajstić information content (AvgIpc) is 3.08. The molecule has 1 aliphatic heterocycles. The molecule has 1 saturated carbocycles. The summed E-state index contributed by atoms with van der Waals surface area (Å²) in [7, 11) is 1.45. The maximum absolute atomic E-state index is 11.8. The molecule has 0 spiro atoms. The van der Waals surface area contributed by atoms with Crippen molar-refractivity contribution in [2.24, 2.45) is 11.8 Å². The molecule has 1 aliphatic carbocycles. The number of fused-ring (bicyclic) bond motifs is 1. The Hall–Kier alpha value is -2.17. The molecule has 98 valence electrons. The number of hydrogen-bond acceptors (Lipinski definition) is 3. The van der Waals surface area contributed by atoms with Crippen LogP contribution in [0.2, 0.25) is 0 Å². The second-order valence-corrected chi connectivity index (χ2v) is 5.24. The van der Waals surface area contributed by atoms with Crippen LogP contribution in [-0.4, -0.2) is 29.7 Å². The predicted octanol–water partition coefficient (Wildman–Crippen LogP) is 1.51. The second-order valence-electron chi connectivity index (χ2n) is 5.24. The van der Waals surface area contributed by atoms with E-state index < -0.39 is 0 Å². The van der Waals surface area contributed by atoms with E-state index in [9.17, 15) is 14.4 Å². The summed E-state index contributed by atoms with van der Waals surface area (Å²) < 4.78 is 0. The Kier molecular flexibility index (Phi) is 2.45. The number of imide groups is 1. The van der Waals surface area contributed by atoms with E-state index in [0.29, 0.717) is 22.7 Å². The lowest BCUT2D eigenvalue weighted by atomic mass is 10.1. The molecule has 1 N–H and O–H groups in total. The van der Waals surface area contributed by atoms with Gasteiger partial charge in [0.25, 0.3) is 11.8 Å². The van der Waals surface area contributed by atoms with Gasteiger partial charge in [-0.2, -0.15) is 0 Å². The summed E-state index contributed by atoms with van der Waals surface area (Å²) in [6.45, 7) is 2.03. The molecule has 2 atom stereocenters. The molecule has 5 heteroatoms. The highest BCUT2D eigenvalue weighted by atomic mass is 16.2. The summed E-state index contributed by atoms with van der Waals surface area (Å²) in [5, 5.41) is 2.79. The number of nitrogens with zero attached hydrogens (tertiary/aromatic N) is 1. The van der Waals surface area contributed by atoms with Gasteiger partial charge in [-0.15, -0.1) is 0 Å². The number of carbonyl (C=O) groups excluding carboxylic acids is 3. The first-order valence-corrected chi connectivity index (χ1v) is 6.26. The highest BCUT2D eigenvalue weighted by Gasteiger charge is 2.39. The van der Waals surface area contributed by atoms with Gasteiger partial charge < -0.3 is 5.32 Å². The van der Waals surface area contributed by atoms with Gasteiger partial charge in [0.1, 0.15) is 0 Å². The lowest BCUT2D eigenvalue weighted by Crippen LogP contribution is -2.24. The lowest BCUT2D eigenvalue weighted by molar-refractivity contribution is -0.117. The third kappa shape index (κ3) is 1.82. The zero-order chi connectivity index (χ0) is 13.7. The number of anilines is 1. The van der Waals surface area contributed by atoms with Gasteiger partial charge in [-0.3, -0.25) is 19.3 Å². The maximum Gasteiger partial charge on any atom is 0.261 e. The Balaban J connectivity index is 1.85. The van der Waals surface area contributed by atoms with Crippen LogP contribution in [0.15, 0.2) is 18.2 Å². The SMILES string of the molecule is C[C@H]1C[C@@H]1C(=O)Nc1ccc2c(c1)C(=O)N(C)C2=O. The van der Waals surface area contributed by atoms with Crippen LogP contribution in [0.4, 0.5) is 5.69 Å². The molecule has 1 heterocycles. The van der Waals surface area contributed by atoms with Crippen LogP contribution < -0.4 is 5.32 Å². The first-order valence-electron chi connectivity index (χ1n) is 6.26. The molecule has 1 aromatic carbocycles. The normalized spacial score (nSPS) is 24.4.